The van der Waals surface area contributed by atoms with E-state index in [2.05, 4.69) is 11.8 Å². The van der Waals surface area contributed by atoms with Crippen LogP contribution >= 0.6 is 0 Å². The second-order valence-electron chi connectivity index (χ2n) is 6.30. The van der Waals surface area contributed by atoms with Gasteiger partial charge in [0.05, 0.1) is 7.11 Å². The van der Waals surface area contributed by atoms with Crippen molar-refractivity contribution in [1.82, 2.24) is 4.90 Å². The van der Waals surface area contributed by atoms with E-state index in [4.69, 9.17) is 4.74 Å². The molecule has 1 N–H and O–H groups in total. The van der Waals surface area contributed by atoms with Crippen molar-refractivity contribution < 1.29 is 14.6 Å². The second-order valence-corrected chi connectivity index (χ2v) is 6.30. The Hall–Kier alpha value is -1.55. The Labute approximate surface area is 126 Å². The van der Waals surface area contributed by atoms with Gasteiger partial charge in [-0.15, -0.1) is 0 Å². The van der Waals surface area contributed by atoms with Gasteiger partial charge in [0.1, 0.15) is 11.3 Å². The van der Waals surface area contributed by atoms with Gasteiger partial charge in [-0.3, -0.25) is 9.69 Å². The number of ether oxygens (including phenoxy) is 1. The first-order chi connectivity index (χ1) is 9.95. The number of carboxylic acid groups (broad SMARTS) is 1. The molecule has 1 saturated heterocycles. The highest BCUT2D eigenvalue weighted by atomic mass is 16.5. The fourth-order valence-electron chi connectivity index (χ4n) is 3.10. The Bertz CT molecular complexity index is 485. The monoisotopic (exact) mass is 291 g/mol. The minimum Gasteiger partial charge on any atom is -0.497 e. The van der Waals surface area contributed by atoms with Crippen LogP contribution in [0.1, 0.15) is 32.3 Å². The summed E-state index contributed by atoms with van der Waals surface area (Å²) in [6, 6.07) is 7.67. The molecule has 2 atom stereocenters. The molecule has 4 nitrogen and oxygen atoms in total. The highest BCUT2D eigenvalue weighted by molar-refractivity contribution is 5.78. The number of methoxy groups -OCH3 is 1. The molecular weight excluding hydrogens is 266 g/mol. The summed E-state index contributed by atoms with van der Waals surface area (Å²) >= 11 is 0. The summed E-state index contributed by atoms with van der Waals surface area (Å²) in [6.07, 6.45) is 2.78. The fourth-order valence-corrected chi connectivity index (χ4v) is 3.10. The Morgan fingerprint density at radius 2 is 2.10 bits per heavy atom. The van der Waals surface area contributed by atoms with E-state index in [1.54, 1.807) is 7.11 Å². The van der Waals surface area contributed by atoms with E-state index in [9.17, 15) is 9.90 Å². The number of nitrogens with zero attached hydrogens (tertiary/aromatic N) is 1. The van der Waals surface area contributed by atoms with Gasteiger partial charge < -0.3 is 9.84 Å². The van der Waals surface area contributed by atoms with Crippen molar-refractivity contribution in [3.63, 3.8) is 0 Å². The Balaban J connectivity index is 2.18. The number of aliphatic carboxylic acids is 1. The summed E-state index contributed by atoms with van der Waals surface area (Å²) in [5.74, 6) is 0.614. The molecule has 2 unspecified atom stereocenters. The Morgan fingerprint density at radius 3 is 2.62 bits per heavy atom. The van der Waals surface area contributed by atoms with E-state index < -0.39 is 11.5 Å². The quantitative estimate of drug-likeness (QED) is 0.906. The maximum absolute atomic E-state index is 11.9. The lowest BCUT2D eigenvalue weighted by Crippen LogP contribution is -2.56. The molecule has 2 rings (SSSR count). The molecule has 1 heterocycles. The van der Waals surface area contributed by atoms with Gasteiger partial charge in [0.2, 0.25) is 0 Å². The van der Waals surface area contributed by atoms with Gasteiger partial charge in [-0.05, 0) is 49.9 Å². The van der Waals surface area contributed by atoms with E-state index in [0.717, 1.165) is 30.8 Å². The average Bonchev–Trinajstić information content (AvgIpc) is 2.47. The summed E-state index contributed by atoms with van der Waals surface area (Å²) < 4.78 is 5.15. The third-order valence-corrected chi connectivity index (χ3v) is 4.52. The van der Waals surface area contributed by atoms with Crippen LogP contribution in [0.3, 0.4) is 0 Å². The number of likely N-dealkylation sites (tertiary alicyclic amines) is 1. The lowest BCUT2D eigenvalue weighted by Gasteiger charge is -2.42. The van der Waals surface area contributed by atoms with Crippen LogP contribution in [0.25, 0.3) is 0 Å². The minimum atomic E-state index is -0.844. The predicted octanol–water partition coefficient (Wildman–Crippen LogP) is 2.81. The molecule has 21 heavy (non-hydrogen) atoms. The molecule has 1 fully saturated rings. The average molecular weight is 291 g/mol. The maximum Gasteiger partial charge on any atom is 0.324 e. The van der Waals surface area contributed by atoms with E-state index in [1.165, 1.54) is 6.42 Å². The third kappa shape index (κ3) is 3.56. The minimum absolute atomic E-state index is 0.513. The van der Waals surface area contributed by atoms with Crippen LogP contribution in [0.4, 0.5) is 0 Å². The van der Waals surface area contributed by atoms with Crippen LogP contribution < -0.4 is 4.74 Å². The second kappa shape index (κ2) is 6.48. The molecule has 0 spiro atoms. The molecule has 0 saturated carbocycles. The highest BCUT2D eigenvalue weighted by Gasteiger charge is 2.41. The van der Waals surface area contributed by atoms with Gasteiger partial charge in [-0.25, -0.2) is 0 Å². The van der Waals surface area contributed by atoms with E-state index in [0.29, 0.717) is 12.3 Å². The molecule has 0 aromatic heterocycles. The maximum atomic E-state index is 11.9. The van der Waals surface area contributed by atoms with Crippen LogP contribution in [-0.4, -0.2) is 41.7 Å². The summed E-state index contributed by atoms with van der Waals surface area (Å²) in [5.41, 5.74) is 0.183. The molecular formula is C17H25NO3. The fraction of sp³-hybridized carbons (Fsp3) is 0.588. The Morgan fingerprint density at radius 1 is 1.43 bits per heavy atom. The van der Waals surface area contributed by atoms with E-state index in [1.807, 2.05) is 31.2 Å². The van der Waals surface area contributed by atoms with Gasteiger partial charge >= 0.3 is 5.97 Å². The molecule has 0 radical (unpaired) electrons. The summed E-state index contributed by atoms with van der Waals surface area (Å²) in [5, 5.41) is 9.77. The normalized spacial score (nSPS) is 22.5. The first-order valence-electron chi connectivity index (χ1n) is 7.57. The number of benzene rings is 1. The molecule has 0 aliphatic carbocycles. The van der Waals surface area contributed by atoms with Gasteiger partial charge in [-0.1, -0.05) is 19.1 Å². The highest BCUT2D eigenvalue weighted by Crippen LogP contribution is 2.28. The third-order valence-electron chi connectivity index (χ3n) is 4.52. The van der Waals surface area contributed by atoms with Gasteiger partial charge in [-0.2, -0.15) is 0 Å². The molecule has 0 bridgehead atoms. The topological polar surface area (TPSA) is 49.8 Å². The number of carbonyl (C=O) groups is 1. The van der Waals surface area contributed by atoms with Crippen LogP contribution in [0.5, 0.6) is 5.75 Å². The molecule has 1 aliphatic heterocycles. The van der Waals surface area contributed by atoms with E-state index >= 15 is 0 Å². The van der Waals surface area contributed by atoms with Crippen molar-refractivity contribution in [1.29, 1.82) is 0 Å². The largest absolute Gasteiger partial charge is 0.497 e. The van der Waals surface area contributed by atoms with Crippen molar-refractivity contribution in [2.45, 2.75) is 38.6 Å². The zero-order valence-corrected chi connectivity index (χ0v) is 13.1. The molecule has 1 aromatic rings. The summed E-state index contributed by atoms with van der Waals surface area (Å²) in [4.78, 5) is 14.0. The number of hydrogen-bond acceptors (Lipinski definition) is 3. The molecule has 0 amide bonds. The molecule has 116 valence electrons. The number of piperidine rings is 1. The zero-order valence-electron chi connectivity index (χ0n) is 13.1. The summed E-state index contributed by atoms with van der Waals surface area (Å²) in [7, 11) is 1.63. The molecule has 1 aromatic carbocycles. The van der Waals surface area contributed by atoms with Crippen molar-refractivity contribution in [2.24, 2.45) is 5.92 Å². The van der Waals surface area contributed by atoms with Crippen LogP contribution in [-0.2, 0) is 11.2 Å². The van der Waals surface area contributed by atoms with E-state index in [-0.39, 0.29) is 0 Å². The van der Waals surface area contributed by atoms with Crippen LogP contribution in [0.2, 0.25) is 0 Å². The number of hydrogen-bond donors (Lipinski definition) is 1. The smallest absolute Gasteiger partial charge is 0.324 e. The number of carboxylic acids is 1. The zero-order chi connectivity index (χ0) is 15.5. The molecule has 1 aliphatic rings. The predicted molar refractivity (Wildman–Crippen MR) is 82.7 cm³/mol. The van der Waals surface area contributed by atoms with Crippen LogP contribution in [0, 0.1) is 5.92 Å². The first-order valence-corrected chi connectivity index (χ1v) is 7.57. The van der Waals surface area contributed by atoms with Crippen molar-refractivity contribution in [3.8, 4) is 5.75 Å². The van der Waals surface area contributed by atoms with Gasteiger partial charge in [0, 0.05) is 13.0 Å². The lowest BCUT2D eigenvalue weighted by atomic mass is 9.87. The lowest BCUT2D eigenvalue weighted by molar-refractivity contribution is -0.151. The SMILES string of the molecule is COc1ccc(CC(C)(C(=O)O)N2CCCC(C)C2)cc1. The van der Waals surface area contributed by atoms with Crippen molar-refractivity contribution >= 4 is 5.97 Å². The van der Waals surface area contributed by atoms with Crippen molar-refractivity contribution in [2.75, 3.05) is 20.2 Å². The Kier molecular flexibility index (Phi) is 4.88. The standard InChI is InChI=1S/C17H25NO3/c1-13-5-4-10-18(12-13)17(2,16(19)20)11-14-6-8-15(21-3)9-7-14/h6-9,13H,4-5,10-12H2,1-3H3,(H,19,20). The van der Waals surface area contributed by atoms with Gasteiger partial charge in [0.25, 0.3) is 0 Å². The van der Waals surface area contributed by atoms with Crippen molar-refractivity contribution in [3.05, 3.63) is 29.8 Å². The van der Waals surface area contributed by atoms with Gasteiger partial charge in [0.15, 0.2) is 0 Å². The number of rotatable bonds is 5. The summed E-state index contributed by atoms with van der Waals surface area (Å²) in [6.45, 7) is 5.77. The first kappa shape index (κ1) is 15.8. The van der Waals surface area contributed by atoms with Crippen LogP contribution in [0.15, 0.2) is 24.3 Å². The molecule has 4 heteroatoms.